The average molecular weight is 446 g/mol. The molecule has 2 aromatic rings. The van der Waals surface area contributed by atoms with Crippen LogP contribution in [0.3, 0.4) is 0 Å². The molecule has 32 heavy (non-hydrogen) atoms. The highest BCUT2D eigenvalue weighted by Gasteiger charge is 2.16. The van der Waals surface area contributed by atoms with E-state index < -0.39 is 0 Å². The molecule has 1 aromatic carbocycles. The molecule has 0 spiro atoms. The van der Waals surface area contributed by atoms with Gasteiger partial charge in [-0.3, -0.25) is 19.4 Å². The van der Waals surface area contributed by atoms with E-state index in [0.29, 0.717) is 17.0 Å². The quantitative estimate of drug-likeness (QED) is 0.608. The second-order valence-electron chi connectivity index (χ2n) is 8.43. The molecule has 1 aromatic heterocycles. The average Bonchev–Trinajstić information content (AvgIpc) is 3.07. The van der Waals surface area contributed by atoms with E-state index in [0.717, 1.165) is 23.8 Å². The lowest BCUT2D eigenvalue weighted by Gasteiger charge is -2.27. The van der Waals surface area contributed by atoms with Crippen molar-refractivity contribution in [1.82, 2.24) is 20.0 Å². The van der Waals surface area contributed by atoms with Crippen molar-refractivity contribution in [2.45, 2.75) is 58.5 Å². The number of methoxy groups -OCH3 is 1. The standard InChI is InChI=1S/C16H22N4O3.C8H17N/c1-5-17-13-8-6-7-11(10(13)2)14(21)18-9-12-15(23-4)19-20(3)16(12)22;1-9(2)8-6-4-3-5-7-8/h6-8,17,19H,5,9H2,1-4H3,(H,18,21);8H,3-7H2,1-2H3. The van der Waals surface area contributed by atoms with Crippen LogP contribution in [0.4, 0.5) is 5.69 Å². The molecule has 0 bridgehead atoms. The van der Waals surface area contributed by atoms with Crippen LogP contribution >= 0.6 is 0 Å². The van der Waals surface area contributed by atoms with E-state index in [4.69, 9.17) is 4.74 Å². The third-order valence-electron chi connectivity index (χ3n) is 5.99. The summed E-state index contributed by atoms with van der Waals surface area (Å²) in [7, 11) is 7.45. The topological polar surface area (TPSA) is 91.4 Å². The largest absolute Gasteiger partial charge is 0.481 e. The number of carbonyl (C=O) groups excluding carboxylic acids is 1. The van der Waals surface area contributed by atoms with E-state index >= 15 is 0 Å². The molecule has 178 valence electrons. The molecule has 0 aliphatic heterocycles. The van der Waals surface area contributed by atoms with Crippen molar-refractivity contribution < 1.29 is 9.53 Å². The highest BCUT2D eigenvalue weighted by molar-refractivity contribution is 5.97. The highest BCUT2D eigenvalue weighted by atomic mass is 16.5. The van der Waals surface area contributed by atoms with Gasteiger partial charge in [-0.15, -0.1) is 0 Å². The summed E-state index contributed by atoms with van der Waals surface area (Å²) in [6.45, 7) is 4.77. The number of amides is 1. The number of nitrogens with one attached hydrogen (secondary N) is 3. The first-order chi connectivity index (χ1) is 15.3. The maximum Gasteiger partial charge on any atom is 0.275 e. The van der Waals surface area contributed by atoms with E-state index in [-0.39, 0.29) is 18.0 Å². The van der Waals surface area contributed by atoms with Crippen LogP contribution in [0.15, 0.2) is 23.0 Å². The molecule has 1 aliphatic rings. The third kappa shape index (κ3) is 6.63. The summed E-state index contributed by atoms with van der Waals surface area (Å²) in [6.07, 6.45) is 7.20. The number of nitrogens with zero attached hydrogens (tertiary/aromatic N) is 2. The minimum Gasteiger partial charge on any atom is -0.481 e. The summed E-state index contributed by atoms with van der Waals surface area (Å²) in [6, 6.07) is 6.41. The number of hydrogen-bond acceptors (Lipinski definition) is 5. The molecule has 0 atom stereocenters. The fraction of sp³-hybridized carbons (Fsp3) is 0.583. The van der Waals surface area contributed by atoms with E-state index in [9.17, 15) is 9.59 Å². The monoisotopic (exact) mass is 445 g/mol. The van der Waals surface area contributed by atoms with Crippen molar-refractivity contribution in [3.63, 3.8) is 0 Å². The number of aromatic nitrogens is 2. The van der Waals surface area contributed by atoms with Crippen molar-refractivity contribution in [2.75, 3.05) is 33.1 Å². The molecule has 1 heterocycles. The lowest BCUT2D eigenvalue weighted by Crippen LogP contribution is -2.29. The zero-order valence-corrected chi connectivity index (χ0v) is 20.4. The number of carbonyl (C=O) groups is 1. The van der Waals surface area contributed by atoms with Crippen LogP contribution in [-0.4, -0.2) is 54.4 Å². The molecule has 1 saturated carbocycles. The van der Waals surface area contributed by atoms with Gasteiger partial charge in [0.15, 0.2) is 0 Å². The molecular weight excluding hydrogens is 406 g/mol. The first kappa shape index (κ1) is 25.5. The Morgan fingerprint density at radius 1 is 1.25 bits per heavy atom. The second kappa shape index (κ2) is 12.3. The number of anilines is 1. The Bertz CT molecular complexity index is 926. The zero-order valence-electron chi connectivity index (χ0n) is 20.4. The SMILES string of the molecule is CCNc1cccc(C(=O)NCc2c(OC)[nH]n(C)c2=O)c1C.CN(C)C1CCCCC1. The fourth-order valence-electron chi connectivity index (χ4n) is 4.02. The number of benzene rings is 1. The summed E-state index contributed by atoms with van der Waals surface area (Å²) in [4.78, 5) is 26.8. The molecule has 0 unspecified atom stereocenters. The number of aromatic amines is 1. The molecular formula is C24H39N5O3. The summed E-state index contributed by atoms with van der Waals surface area (Å²) < 4.78 is 6.44. The molecule has 1 amide bonds. The number of aryl methyl sites for hydroxylation is 1. The minimum atomic E-state index is -0.229. The molecule has 3 N–H and O–H groups in total. The van der Waals surface area contributed by atoms with Crippen molar-refractivity contribution in [2.24, 2.45) is 7.05 Å². The molecule has 8 nitrogen and oxygen atoms in total. The Morgan fingerprint density at radius 3 is 2.50 bits per heavy atom. The van der Waals surface area contributed by atoms with Crippen LogP contribution in [0.2, 0.25) is 0 Å². The van der Waals surface area contributed by atoms with Gasteiger partial charge in [0.1, 0.15) is 0 Å². The maximum atomic E-state index is 12.4. The van der Waals surface area contributed by atoms with Gasteiger partial charge in [0.25, 0.3) is 11.5 Å². The normalized spacial score (nSPS) is 14.0. The van der Waals surface area contributed by atoms with Gasteiger partial charge >= 0.3 is 0 Å². The van der Waals surface area contributed by atoms with Crippen LogP contribution < -0.4 is 20.9 Å². The van der Waals surface area contributed by atoms with Crippen LogP contribution in [0.5, 0.6) is 5.88 Å². The first-order valence-corrected chi connectivity index (χ1v) is 11.4. The van der Waals surface area contributed by atoms with Crippen molar-refractivity contribution in [1.29, 1.82) is 0 Å². The van der Waals surface area contributed by atoms with Gasteiger partial charge in [0.05, 0.1) is 19.2 Å². The zero-order chi connectivity index (χ0) is 23.7. The lowest BCUT2D eigenvalue weighted by molar-refractivity contribution is 0.0950. The third-order valence-corrected chi connectivity index (χ3v) is 5.99. The summed E-state index contributed by atoms with van der Waals surface area (Å²) >= 11 is 0. The molecule has 1 aliphatic carbocycles. The summed E-state index contributed by atoms with van der Waals surface area (Å²) in [5.41, 5.74) is 2.55. The number of hydrogen-bond donors (Lipinski definition) is 3. The van der Waals surface area contributed by atoms with E-state index in [1.165, 1.54) is 43.9 Å². The van der Waals surface area contributed by atoms with E-state index in [1.807, 2.05) is 26.0 Å². The van der Waals surface area contributed by atoms with Gasteiger partial charge in [0, 0.05) is 30.9 Å². The van der Waals surface area contributed by atoms with Gasteiger partial charge in [-0.25, -0.2) is 0 Å². The predicted molar refractivity (Wildman–Crippen MR) is 130 cm³/mol. The van der Waals surface area contributed by atoms with Gasteiger partial charge in [-0.1, -0.05) is 25.3 Å². The minimum absolute atomic E-state index is 0.100. The van der Waals surface area contributed by atoms with Crippen molar-refractivity contribution in [3.8, 4) is 5.88 Å². The first-order valence-electron chi connectivity index (χ1n) is 11.4. The highest BCUT2D eigenvalue weighted by Crippen LogP contribution is 2.20. The lowest BCUT2D eigenvalue weighted by atomic mass is 9.95. The van der Waals surface area contributed by atoms with Crippen LogP contribution in [0.25, 0.3) is 0 Å². The van der Waals surface area contributed by atoms with Crippen molar-refractivity contribution >= 4 is 11.6 Å². The Balaban J connectivity index is 0.000000336. The Kier molecular flexibility index (Phi) is 9.84. The second-order valence-corrected chi connectivity index (χ2v) is 8.43. The summed E-state index contributed by atoms with van der Waals surface area (Å²) in [5, 5.41) is 8.78. The smallest absolute Gasteiger partial charge is 0.275 e. The fourth-order valence-corrected chi connectivity index (χ4v) is 4.02. The molecule has 1 fully saturated rings. The van der Waals surface area contributed by atoms with Gasteiger partial charge < -0.3 is 20.3 Å². The van der Waals surface area contributed by atoms with E-state index in [1.54, 1.807) is 13.1 Å². The van der Waals surface area contributed by atoms with Gasteiger partial charge in [-0.2, -0.15) is 0 Å². The van der Waals surface area contributed by atoms with Crippen LogP contribution in [0.1, 0.15) is 60.5 Å². The Labute approximate surface area is 191 Å². The van der Waals surface area contributed by atoms with Gasteiger partial charge in [0.2, 0.25) is 5.88 Å². The Hall–Kier alpha value is -2.74. The van der Waals surface area contributed by atoms with Crippen molar-refractivity contribution in [3.05, 3.63) is 45.2 Å². The predicted octanol–water partition coefficient (Wildman–Crippen LogP) is 3.27. The molecule has 0 radical (unpaired) electrons. The summed E-state index contributed by atoms with van der Waals surface area (Å²) in [5.74, 6) is 0.128. The molecule has 0 saturated heterocycles. The molecule has 3 rings (SSSR count). The number of H-pyrrole nitrogens is 1. The maximum absolute atomic E-state index is 12.4. The van der Waals surface area contributed by atoms with E-state index in [2.05, 4.69) is 34.7 Å². The van der Waals surface area contributed by atoms with Crippen LogP contribution in [-0.2, 0) is 13.6 Å². The molecule has 8 heteroatoms. The van der Waals surface area contributed by atoms with Gasteiger partial charge in [-0.05, 0) is 58.5 Å². The number of rotatable bonds is 7. The van der Waals surface area contributed by atoms with Crippen LogP contribution in [0, 0.1) is 6.92 Å². The Morgan fingerprint density at radius 2 is 1.94 bits per heavy atom. The number of ether oxygens (including phenoxy) is 1.